The van der Waals surface area contributed by atoms with Crippen molar-refractivity contribution in [3.63, 3.8) is 0 Å². The molecule has 0 unspecified atom stereocenters. The van der Waals surface area contributed by atoms with Crippen LogP contribution in [0.3, 0.4) is 0 Å². The third-order valence-electron chi connectivity index (χ3n) is 3.43. The van der Waals surface area contributed by atoms with E-state index >= 15 is 0 Å². The largest absolute Gasteiger partial charge is 0.294 e. The summed E-state index contributed by atoms with van der Waals surface area (Å²) in [7, 11) is -3.88. The van der Waals surface area contributed by atoms with Gasteiger partial charge in [-0.1, -0.05) is 29.8 Å². The molecule has 0 aliphatic heterocycles. The minimum absolute atomic E-state index is 0.0769. The number of hydrogen-bond donors (Lipinski definition) is 0. The van der Waals surface area contributed by atoms with Crippen LogP contribution in [0.2, 0.25) is 0 Å². The molecule has 0 N–H and O–H groups in total. The van der Waals surface area contributed by atoms with Gasteiger partial charge in [0.1, 0.15) is 5.52 Å². The molecule has 0 fully saturated rings. The van der Waals surface area contributed by atoms with Gasteiger partial charge in [-0.2, -0.15) is 0 Å². The molecular weight excluding hydrogens is 304 g/mol. The summed E-state index contributed by atoms with van der Waals surface area (Å²) < 4.78 is 26.4. The number of para-hydroxylation sites is 1. The van der Waals surface area contributed by atoms with Gasteiger partial charge in [-0.25, -0.2) is 12.4 Å². The lowest BCUT2D eigenvalue weighted by atomic mass is 10.2. The fourth-order valence-electron chi connectivity index (χ4n) is 2.32. The zero-order valence-corrected chi connectivity index (χ0v) is 12.4. The summed E-state index contributed by atoms with van der Waals surface area (Å²) in [6.07, 6.45) is 1.34. The molecule has 7 heteroatoms. The number of fused-ring (bicyclic) bond motifs is 1. The molecule has 112 valence electrons. The summed E-state index contributed by atoms with van der Waals surface area (Å²) in [5.74, 6) is 0. The van der Waals surface area contributed by atoms with E-state index in [1.165, 1.54) is 30.5 Å². The second-order valence-corrected chi connectivity index (χ2v) is 6.72. The Labute approximate surface area is 126 Å². The van der Waals surface area contributed by atoms with Gasteiger partial charge >= 0.3 is 0 Å². The van der Waals surface area contributed by atoms with Gasteiger partial charge < -0.3 is 0 Å². The number of nitrogens with zero attached hydrogens (tertiary/aromatic N) is 2. The predicted octanol–water partition coefficient (Wildman–Crippen LogP) is 3.09. The molecule has 22 heavy (non-hydrogen) atoms. The molecule has 0 aliphatic rings. The van der Waals surface area contributed by atoms with Crippen molar-refractivity contribution in [3.05, 3.63) is 70.4 Å². The van der Waals surface area contributed by atoms with Crippen molar-refractivity contribution in [2.75, 3.05) is 0 Å². The van der Waals surface area contributed by atoms with Gasteiger partial charge in [-0.05, 0) is 25.1 Å². The van der Waals surface area contributed by atoms with E-state index in [0.29, 0.717) is 5.39 Å². The van der Waals surface area contributed by atoms with Crippen LogP contribution in [0.5, 0.6) is 0 Å². The van der Waals surface area contributed by atoms with E-state index in [2.05, 4.69) is 0 Å². The molecular formula is C15H12N2O4S. The first kappa shape index (κ1) is 14.3. The molecule has 0 saturated carbocycles. The topological polar surface area (TPSA) is 82.2 Å². The van der Waals surface area contributed by atoms with Crippen LogP contribution in [-0.4, -0.2) is 17.3 Å². The van der Waals surface area contributed by atoms with Crippen LogP contribution >= 0.6 is 0 Å². The Morgan fingerprint density at radius 2 is 1.73 bits per heavy atom. The average Bonchev–Trinajstić information content (AvgIpc) is 2.92. The summed E-state index contributed by atoms with van der Waals surface area (Å²) in [5, 5.41) is 11.7. The molecule has 3 rings (SSSR count). The molecule has 0 atom stereocenters. The van der Waals surface area contributed by atoms with E-state index in [1.54, 1.807) is 24.3 Å². The van der Waals surface area contributed by atoms with E-state index in [-0.39, 0.29) is 16.1 Å². The molecule has 2 aromatic carbocycles. The summed E-state index contributed by atoms with van der Waals surface area (Å²) in [6, 6.07) is 12.4. The molecule has 0 aliphatic carbocycles. The number of non-ortho nitro benzene ring substituents is 1. The maximum absolute atomic E-state index is 12.7. The molecule has 1 aromatic heterocycles. The van der Waals surface area contributed by atoms with Crippen LogP contribution in [0.15, 0.2) is 59.6 Å². The van der Waals surface area contributed by atoms with Crippen LogP contribution < -0.4 is 0 Å². The molecule has 0 amide bonds. The molecule has 0 bridgehead atoms. The number of benzene rings is 2. The van der Waals surface area contributed by atoms with Gasteiger partial charge in [-0.15, -0.1) is 0 Å². The van der Waals surface area contributed by atoms with Gasteiger partial charge in [0.25, 0.3) is 15.7 Å². The molecule has 1 heterocycles. The minimum Gasteiger partial charge on any atom is -0.258 e. The van der Waals surface area contributed by atoms with Crippen molar-refractivity contribution in [3.8, 4) is 0 Å². The minimum atomic E-state index is -3.88. The van der Waals surface area contributed by atoms with Crippen molar-refractivity contribution in [2.24, 2.45) is 0 Å². The number of nitro groups is 1. The van der Waals surface area contributed by atoms with Crippen molar-refractivity contribution in [1.82, 2.24) is 3.97 Å². The lowest BCUT2D eigenvalue weighted by Crippen LogP contribution is -2.12. The van der Waals surface area contributed by atoms with Crippen LogP contribution in [0.1, 0.15) is 5.56 Å². The molecule has 0 radical (unpaired) electrons. The summed E-state index contributed by atoms with van der Waals surface area (Å²) in [5.41, 5.74) is 0.772. The Bertz CT molecular complexity index is 972. The van der Waals surface area contributed by atoms with Gasteiger partial charge in [0.2, 0.25) is 0 Å². The smallest absolute Gasteiger partial charge is 0.258 e. The maximum Gasteiger partial charge on any atom is 0.294 e. The lowest BCUT2D eigenvalue weighted by Gasteiger charge is -2.08. The molecule has 0 saturated heterocycles. The Morgan fingerprint density at radius 3 is 2.36 bits per heavy atom. The van der Waals surface area contributed by atoms with Crippen molar-refractivity contribution in [2.45, 2.75) is 11.8 Å². The quantitative estimate of drug-likeness (QED) is 0.549. The molecule has 6 nitrogen and oxygen atoms in total. The van der Waals surface area contributed by atoms with E-state index in [4.69, 9.17) is 0 Å². The second kappa shape index (κ2) is 4.96. The highest BCUT2D eigenvalue weighted by molar-refractivity contribution is 7.90. The van der Waals surface area contributed by atoms with E-state index < -0.39 is 14.9 Å². The first-order valence-corrected chi connectivity index (χ1v) is 7.92. The Morgan fingerprint density at radius 1 is 1.05 bits per heavy atom. The third-order valence-corrected chi connectivity index (χ3v) is 5.12. The highest BCUT2D eigenvalue weighted by Gasteiger charge is 2.24. The summed E-state index contributed by atoms with van der Waals surface area (Å²) >= 11 is 0. The highest BCUT2D eigenvalue weighted by Crippen LogP contribution is 2.29. The zero-order chi connectivity index (χ0) is 15.9. The number of rotatable bonds is 3. The van der Waals surface area contributed by atoms with E-state index in [1.807, 2.05) is 6.92 Å². The molecule has 0 spiro atoms. The van der Waals surface area contributed by atoms with Crippen LogP contribution in [0, 0.1) is 17.0 Å². The third kappa shape index (κ3) is 2.15. The predicted molar refractivity (Wildman–Crippen MR) is 82.4 cm³/mol. The normalized spacial score (nSPS) is 11.7. The lowest BCUT2D eigenvalue weighted by molar-refractivity contribution is -0.383. The van der Waals surface area contributed by atoms with Gasteiger partial charge in [0, 0.05) is 17.6 Å². The monoisotopic (exact) mass is 316 g/mol. The van der Waals surface area contributed by atoms with Gasteiger partial charge in [-0.3, -0.25) is 10.1 Å². The fourth-order valence-corrected chi connectivity index (χ4v) is 3.68. The zero-order valence-electron chi connectivity index (χ0n) is 11.6. The van der Waals surface area contributed by atoms with Crippen LogP contribution in [0.25, 0.3) is 10.9 Å². The number of nitro benzene ring substituents is 1. The first-order chi connectivity index (χ1) is 10.4. The number of aromatic nitrogens is 1. The Balaban J connectivity index is 2.30. The van der Waals surface area contributed by atoms with E-state index in [9.17, 15) is 18.5 Å². The van der Waals surface area contributed by atoms with Crippen LogP contribution in [0.4, 0.5) is 5.69 Å². The van der Waals surface area contributed by atoms with Crippen molar-refractivity contribution < 1.29 is 13.3 Å². The fraction of sp³-hybridized carbons (Fsp3) is 0.0667. The van der Waals surface area contributed by atoms with Gasteiger partial charge in [0.15, 0.2) is 0 Å². The van der Waals surface area contributed by atoms with Crippen LogP contribution in [-0.2, 0) is 10.0 Å². The number of aryl methyl sites for hydroxylation is 1. The number of hydrogen-bond acceptors (Lipinski definition) is 4. The highest BCUT2D eigenvalue weighted by atomic mass is 32.2. The summed E-state index contributed by atoms with van der Waals surface area (Å²) in [6.45, 7) is 1.85. The Kier molecular flexibility index (Phi) is 3.22. The Hall–Kier alpha value is -2.67. The second-order valence-electron chi connectivity index (χ2n) is 4.90. The molecule has 3 aromatic rings. The first-order valence-electron chi connectivity index (χ1n) is 6.48. The van der Waals surface area contributed by atoms with Gasteiger partial charge in [0.05, 0.1) is 9.82 Å². The maximum atomic E-state index is 12.7. The van der Waals surface area contributed by atoms with E-state index in [0.717, 1.165) is 9.54 Å². The van der Waals surface area contributed by atoms with Crippen molar-refractivity contribution >= 4 is 26.6 Å². The SMILES string of the molecule is Cc1ccc(S(=O)(=O)n2ccc3cccc([N+](=O)[O-])c32)cc1. The summed E-state index contributed by atoms with van der Waals surface area (Å²) in [4.78, 5) is 10.7. The van der Waals surface area contributed by atoms with Crippen molar-refractivity contribution in [1.29, 1.82) is 0 Å². The standard InChI is InChI=1S/C15H12N2O4S/c1-11-5-7-13(8-6-11)22(20,21)16-10-9-12-3-2-4-14(15(12)16)17(18)19/h2-10H,1H3. The average molecular weight is 316 g/mol.